The Kier molecular flexibility index (Phi) is 2.46. The number of phenolic OH excluding ortho intramolecular Hbond substituents is 1. The van der Waals surface area contributed by atoms with Gasteiger partial charge in [0.15, 0.2) is 0 Å². The van der Waals surface area contributed by atoms with Gasteiger partial charge in [0.1, 0.15) is 5.75 Å². The number of phenols is 1. The highest BCUT2D eigenvalue weighted by Crippen LogP contribution is 2.15. The zero-order valence-electron chi connectivity index (χ0n) is 6.07. The molecule has 0 aliphatic heterocycles. The van der Waals surface area contributed by atoms with Crippen molar-refractivity contribution in [3.8, 4) is 5.75 Å². The molecule has 1 aromatic rings. The first kappa shape index (κ1) is 8.04. The third-order valence-electron chi connectivity index (χ3n) is 1.50. The molecule has 0 fully saturated rings. The molecule has 0 unspecified atom stereocenters. The summed E-state index contributed by atoms with van der Waals surface area (Å²) in [6, 6.07) is 6.16. The number of nitrogens with two attached hydrogens (primary N) is 1. The fourth-order valence-electron chi connectivity index (χ4n) is 0.861. The van der Waals surface area contributed by atoms with E-state index in [-0.39, 0.29) is 12.4 Å². The van der Waals surface area contributed by atoms with Gasteiger partial charge >= 0.3 is 0 Å². The Hall–Kier alpha value is -1.06. The van der Waals surface area contributed by atoms with Gasteiger partial charge in [0.2, 0.25) is 0 Å². The first-order valence-electron chi connectivity index (χ1n) is 3.39. The van der Waals surface area contributed by atoms with Gasteiger partial charge in [-0.05, 0) is 17.7 Å². The Morgan fingerprint density at radius 3 is 2.73 bits per heavy atom. The van der Waals surface area contributed by atoms with Gasteiger partial charge in [0, 0.05) is 0 Å². The monoisotopic (exact) mass is 153 g/mol. The standard InChI is InChI=1S/C8H11NO2/c9-8(5-10)6-2-1-3-7(11)4-6/h1-4,8,10-11H,5,9H2/t8-/m1/s1. The number of aliphatic hydroxyl groups excluding tert-OH is 1. The SMILES string of the molecule is N[C@H](CO)c1cccc(O)c1. The maximum absolute atomic E-state index is 9.02. The van der Waals surface area contributed by atoms with Crippen molar-refractivity contribution in [3.05, 3.63) is 29.8 Å². The lowest BCUT2D eigenvalue weighted by atomic mass is 10.1. The fraction of sp³-hybridized carbons (Fsp3) is 0.250. The predicted molar refractivity (Wildman–Crippen MR) is 42.1 cm³/mol. The van der Waals surface area contributed by atoms with Gasteiger partial charge in [0.25, 0.3) is 0 Å². The van der Waals surface area contributed by atoms with Crippen LogP contribution in [0, 0.1) is 0 Å². The maximum atomic E-state index is 9.02. The summed E-state index contributed by atoms with van der Waals surface area (Å²) in [6.07, 6.45) is 0. The Morgan fingerprint density at radius 2 is 2.18 bits per heavy atom. The minimum Gasteiger partial charge on any atom is -0.508 e. The van der Waals surface area contributed by atoms with Crippen molar-refractivity contribution in [1.82, 2.24) is 0 Å². The van der Waals surface area contributed by atoms with Crippen LogP contribution in [0.1, 0.15) is 11.6 Å². The average molecular weight is 153 g/mol. The zero-order chi connectivity index (χ0) is 8.27. The van der Waals surface area contributed by atoms with E-state index in [1.165, 1.54) is 0 Å². The topological polar surface area (TPSA) is 66.5 Å². The van der Waals surface area contributed by atoms with E-state index in [1.54, 1.807) is 24.3 Å². The smallest absolute Gasteiger partial charge is 0.115 e. The van der Waals surface area contributed by atoms with Gasteiger partial charge in [-0.15, -0.1) is 0 Å². The maximum Gasteiger partial charge on any atom is 0.115 e. The Labute approximate surface area is 65.1 Å². The van der Waals surface area contributed by atoms with E-state index >= 15 is 0 Å². The molecule has 0 aromatic heterocycles. The van der Waals surface area contributed by atoms with Gasteiger partial charge in [-0.3, -0.25) is 0 Å². The summed E-state index contributed by atoms with van der Waals surface area (Å²) >= 11 is 0. The minimum absolute atomic E-state index is 0.108. The van der Waals surface area contributed by atoms with Crippen molar-refractivity contribution in [2.75, 3.05) is 6.61 Å². The molecule has 11 heavy (non-hydrogen) atoms. The molecule has 0 saturated carbocycles. The predicted octanol–water partition coefficient (Wildman–Crippen LogP) is 0.384. The van der Waals surface area contributed by atoms with Crippen LogP contribution in [0.5, 0.6) is 5.75 Å². The number of aliphatic hydroxyl groups is 1. The van der Waals surface area contributed by atoms with Gasteiger partial charge < -0.3 is 15.9 Å². The second kappa shape index (κ2) is 3.37. The molecule has 1 rings (SSSR count). The second-order valence-corrected chi connectivity index (χ2v) is 2.38. The van der Waals surface area contributed by atoms with Crippen molar-refractivity contribution >= 4 is 0 Å². The van der Waals surface area contributed by atoms with Crippen LogP contribution in [-0.2, 0) is 0 Å². The van der Waals surface area contributed by atoms with E-state index < -0.39 is 6.04 Å². The van der Waals surface area contributed by atoms with Gasteiger partial charge in [-0.25, -0.2) is 0 Å². The number of benzene rings is 1. The van der Waals surface area contributed by atoms with E-state index in [4.69, 9.17) is 15.9 Å². The van der Waals surface area contributed by atoms with Crippen LogP contribution in [0.3, 0.4) is 0 Å². The summed E-state index contributed by atoms with van der Waals surface area (Å²) < 4.78 is 0. The molecule has 0 spiro atoms. The molecule has 1 atom stereocenters. The largest absolute Gasteiger partial charge is 0.508 e. The lowest BCUT2D eigenvalue weighted by Gasteiger charge is -2.07. The molecule has 1 aromatic carbocycles. The quantitative estimate of drug-likeness (QED) is 0.575. The molecule has 0 heterocycles. The number of hydrogen-bond acceptors (Lipinski definition) is 3. The first-order valence-corrected chi connectivity index (χ1v) is 3.39. The van der Waals surface area contributed by atoms with Gasteiger partial charge in [-0.1, -0.05) is 12.1 Å². The van der Waals surface area contributed by atoms with Gasteiger partial charge in [-0.2, -0.15) is 0 Å². The molecule has 0 radical (unpaired) electrons. The summed E-state index contributed by atoms with van der Waals surface area (Å²) in [4.78, 5) is 0. The van der Waals surface area contributed by atoms with E-state index in [0.29, 0.717) is 0 Å². The molecule has 0 bridgehead atoms. The van der Waals surface area contributed by atoms with Crippen LogP contribution in [-0.4, -0.2) is 16.8 Å². The highest BCUT2D eigenvalue weighted by molar-refractivity contribution is 5.29. The molecule has 0 aliphatic carbocycles. The van der Waals surface area contributed by atoms with Crippen LogP contribution < -0.4 is 5.73 Å². The highest BCUT2D eigenvalue weighted by atomic mass is 16.3. The third-order valence-corrected chi connectivity index (χ3v) is 1.50. The third kappa shape index (κ3) is 1.93. The Balaban J connectivity index is 2.86. The molecular weight excluding hydrogens is 142 g/mol. The molecule has 3 nitrogen and oxygen atoms in total. The molecule has 0 saturated heterocycles. The minimum atomic E-state index is -0.401. The summed E-state index contributed by atoms with van der Waals surface area (Å²) in [5, 5.41) is 17.7. The number of rotatable bonds is 2. The van der Waals surface area contributed by atoms with Crippen LogP contribution >= 0.6 is 0 Å². The Morgan fingerprint density at radius 1 is 1.45 bits per heavy atom. The molecule has 3 heteroatoms. The Bertz CT molecular complexity index is 237. The van der Waals surface area contributed by atoms with Crippen molar-refractivity contribution in [1.29, 1.82) is 0 Å². The molecule has 60 valence electrons. The summed E-state index contributed by atoms with van der Waals surface area (Å²) in [5.74, 6) is 0.173. The van der Waals surface area contributed by atoms with Crippen LogP contribution in [0.4, 0.5) is 0 Å². The normalized spacial score (nSPS) is 12.9. The van der Waals surface area contributed by atoms with Crippen molar-refractivity contribution < 1.29 is 10.2 Å². The fourth-order valence-corrected chi connectivity index (χ4v) is 0.861. The summed E-state index contributed by atoms with van der Waals surface area (Å²) in [5.41, 5.74) is 6.25. The van der Waals surface area contributed by atoms with E-state index in [9.17, 15) is 0 Å². The van der Waals surface area contributed by atoms with Crippen molar-refractivity contribution in [2.45, 2.75) is 6.04 Å². The van der Waals surface area contributed by atoms with Crippen LogP contribution in [0.2, 0.25) is 0 Å². The van der Waals surface area contributed by atoms with E-state index in [2.05, 4.69) is 0 Å². The molecule has 4 N–H and O–H groups in total. The lowest BCUT2D eigenvalue weighted by Crippen LogP contribution is -2.13. The molecular formula is C8H11NO2. The number of aromatic hydroxyl groups is 1. The van der Waals surface area contributed by atoms with Crippen LogP contribution in [0.25, 0.3) is 0 Å². The summed E-state index contributed by atoms with van der Waals surface area (Å²) in [6.45, 7) is -0.108. The van der Waals surface area contributed by atoms with E-state index in [0.717, 1.165) is 5.56 Å². The van der Waals surface area contributed by atoms with Crippen molar-refractivity contribution in [3.63, 3.8) is 0 Å². The lowest BCUT2D eigenvalue weighted by molar-refractivity contribution is 0.268. The van der Waals surface area contributed by atoms with Gasteiger partial charge in [0.05, 0.1) is 12.6 Å². The average Bonchev–Trinajstić information content (AvgIpc) is 2.03. The summed E-state index contributed by atoms with van der Waals surface area (Å²) in [7, 11) is 0. The molecule has 0 aliphatic rings. The first-order chi connectivity index (χ1) is 5.24. The number of hydrogen-bond donors (Lipinski definition) is 3. The second-order valence-electron chi connectivity index (χ2n) is 2.38. The van der Waals surface area contributed by atoms with E-state index in [1.807, 2.05) is 0 Å². The van der Waals surface area contributed by atoms with Crippen molar-refractivity contribution in [2.24, 2.45) is 5.73 Å². The van der Waals surface area contributed by atoms with Crippen LogP contribution in [0.15, 0.2) is 24.3 Å². The molecule has 0 amide bonds. The highest BCUT2D eigenvalue weighted by Gasteiger charge is 2.03. The zero-order valence-corrected chi connectivity index (χ0v) is 6.07.